The molecule has 1 aliphatic carbocycles. The molecule has 5 amide bonds. The van der Waals surface area contributed by atoms with E-state index in [-0.39, 0.29) is 83.9 Å². The van der Waals surface area contributed by atoms with E-state index in [9.17, 15) is 29.1 Å². The molecular formula is C47H54N6O9S. The Hall–Kier alpha value is -6.12. The molecule has 5 N–H and O–H groups in total. The zero-order valence-corrected chi connectivity index (χ0v) is 36.5. The van der Waals surface area contributed by atoms with Crippen molar-refractivity contribution < 1.29 is 43.3 Å². The highest BCUT2D eigenvalue weighted by molar-refractivity contribution is 7.13. The molecule has 15 nitrogen and oxygen atoms in total. The van der Waals surface area contributed by atoms with E-state index in [2.05, 4.69) is 56.4 Å². The van der Waals surface area contributed by atoms with Crippen LogP contribution in [0.3, 0.4) is 0 Å². The number of terminal acetylenes is 1. The lowest BCUT2D eigenvalue weighted by Gasteiger charge is -2.35. The van der Waals surface area contributed by atoms with E-state index in [0.29, 0.717) is 5.69 Å². The van der Waals surface area contributed by atoms with Gasteiger partial charge in [0.15, 0.2) is 0 Å². The summed E-state index contributed by atoms with van der Waals surface area (Å²) in [5.41, 5.74) is 7.90. The summed E-state index contributed by atoms with van der Waals surface area (Å²) in [7, 11) is 0. The number of likely N-dealkylation sites (tertiary alicyclic amines) is 1. The number of nitrogens with one attached hydrogen (secondary N) is 4. The number of aromatic nitrogens is 1. The summed E-state index contributed by atoms with van der Waals surface area (Å²) >= 11 is 1.44. The molecule has 0 spiro atoms. The zero-order valence-electron chi connectivity index (χ0n) is 35.7. The van der Waals surface area contributed by atoms with Gasteiger partial charge in [0.1, 0.15) is 25.3 Å². The Morgan fingerprint density at radius 2 is 1.62 bits per heavy atom. The molecule has 16 heteroatoms. The summed E-state index contributed by atoms with van der Waals surface area (Å²) in [5, 5.41) is 21.6. The molecule has 0 unspecified atom stereocenters. The standard InChI is InChI=1S/C47H54N6O9S/c1-5-19-48-41(56)28-61-27-38-42(63-29-51-38)31-16-14-30(15-17-31)24-50-44(57)39-23-32(54)25-53(39)45(58)43(47(2,3)4)52-40(55)18-21-60-22-20-49-46(59)62-26-37-35-12-8-6-10-33(35)34-11-7-9-13-36(34)37/h1,6-17,29,32,37,39,43,54H,18-28H2,2-4H3,(H,48,56)(H,49,59)(H,50,57)(H,52,55)/t32-,39+,43-/m1/s1. The van der Waals surface area contributed by atoms with E-state index in [1.165, 1.54) is 16.2 Å². The molecule has 3 atom stereocenters. The van der Waals surface area contributed by atoms with Gasteiger partial charge in [-0.05, 0) is 38.8 Å². The number of hydrogen-bond acceptors (Lipinski definition) is 11. The molecule has 2 heterocycles. The number of amides is 5. The minimum absolute atomic E-state index is 0.0410. The maximum absolute atomic E-state index is 14.0. The SMILES string of the molecule is C#CCNC(=O)COCc1ncsc1-c1ccc(CNC(=O)[C@@H]2C[C@@H](O)CN2C(=O)[C@@H](NC(=O)CCOCCNC(=O)OCC2c3ccccc3-c3ccccc32)C(C)(C)C)cc1. The third kappa shape index (κ3) is 12.3. The summed E-state index contributed by atoms with van der Waals surface area (Å²) < 4.78 is 16.7. The topological polar surface area (TPSA) is 198 Å². The van der Waals surface area contributed by atoms with Crippen LogP contribution in [0.15, 0.2) is 78.3 Å². The normalized spacial score (nSPS) is 16.0. The summed E-state index contributed by atoms with van der Waals surface area (Å²) in [6.07, 6.45) is 3.71. The number of benzene rings is 3. The van der Waals surface area contributed by atoms with Crippen molar-refractivity contribution in [3.05, 3.63) is 101 Å². The Balaban J connectivity index is 0.919. The monoisotopic (exact) mass is 878 g/mol. The predicted octanol–water partition coefficient (Wildman–Crippen LogP) is 4.13. The third-order valence-corrected chi connectivity index (χ3v) is 11.7. The van der Waals surface area contributed by atoms with Gasteiger partial charge >= 0.3 is 6.09 Å². The van der Waals surface area contributed by atoms with E-state index in [1.807, 2.05) is 69.3 Å². The van der Waals surface area contributed by atoms with Gasteiger partial charge in [-0.1, -0.05) is 99.5 Å². The summed E-state index contributed by atoms with van der Waals surface area (Å²) in [5.74, 6) is 0.663. The van der Waals surface area contributed by atoms with Gasteiger partial charge in [0.05, 0.1) is 48.6 Å². The minimum Gasteiger partial charge on any atom is -0.449 e. The lowest BCUT2D eigenvalue weighted by atomic mass is 9.85. The van der Waals surface area contributed by atoms with Crippen molar-refractivity contribution >= 4 is 41.1 Å². The quantitative estimate of drug-likeness (QED) is 0.0675. The molecule has 2 aliphatic rings. The van der Waals surface area contributed by atoms with E-state index in [1.54, 1.807) is 5.51 Å². The molecule has 332 valence electrons. The fourth-order valence-corrected chi connectivity index (χ4v) is 8.43. The first-order valence-electron chi connectivity index (χ1n) is 20.9. The van der Waals surface area contributed by atoms with Gasteiger partial charge in [-0.25, -0.2) is 9.78 Å². The summed E-state index contributed by atoms with van der Waals surface area (Å²) in [6.45, 7) is 6.26. The fraction of sp³-hybridized carbons (Fsp3) is 0.404. The Labute approximate surface area is 371 Å². The van der Waals surface area contributed by atoms with Crippen molar-refractivity contribution in [3.8, 4) is 33.9 Å². The molecule has 1 aromatic heterocycles. The van der Waals surface area contributed by atoms with E-state index < -0.39 is 47.4 Å². The molecule has 63 heavy (non-hydrogen) atoms. The maximum Gasteiger partial charge on any atom is 0.407 e. The Bertz CT molecular complexity index is 2240. The predicted molar refractivity (Wildman–Crippen MR) is 237 cm³/mol. The number of alkyl carbamates (subject to hydrolysis) is 1. The number of carbonyl (C=O) groups is 5. The number of ether oxygens (including phenoxy) is 3. The molecule has 3 aromatic carbocycles. The Morgan fingerprint density at radius 3 is 2.30 bits per heavy atom. The molecule has 1 saturated heterocycles. The van der Waals surface area contributed by atoms with Crippen LogP contribution in [0.4, 0.5) is 4.79 Å². The second-order valence-electron chi connectivity index (χ2n) is 16.4. The second kappa shape index (κ2) is 21.8. The number of β-amino-alcohol motifs (C(OH)–C–C–N with tert-alkyl or cyclic N) is 1. The van der Waals surface area contributed by atoms with Crippen LogP contribution >= 0.6 is 11.3 Å². The smallest absolute Gasteiger partial charge is 0.407 e. The van der Waals surface area contributed by atoms with Gasteiger partial charge in [0.25, 0.3) is 0 Å². The van der Waals surface area contributed by atoms with Crippen LogP contribution in [-0.4, -0.2) is 109 Å². The highest BCUT2D eigenvalue weighted by Gasteiger charge is 2.44. The molecule has 0 bridgehead atoms. The van der Waals surface area contributed by atoms with Gasteiger partial charge in [0, 0.05) is 38.4 Å². The van der Waals surface area contributed by atoms with Crippen LogP contribution < -0.4 is 21.3 Å². The van der Waals surface area contributed by atoms with Crippen LogP contribution in [0.2, 0.25) is 0 Å². The number of carbonyl (C=O) groups excluding carboxylic acids is 5. The zero-order chi connectivity index (χ0) is 44.9. The Morgan fingerprint density at radius 1 is 0.921 bits per heavy atom. The first-order valence-corrected chi connectivity index (χ1v) is 21.7. The number of fused-ring (bicyclic) bond motifs is 3. The highest BCUT2D eigenvalue weighted by atomic mass is 32.1. The third-order valence-electron chi connectivity index (χ3n) is 10.8. The first kappa shape index (κ1) is 46.4. The van der Waals surface area contributed by atoms with Crippen LogP contribution in [0, 0.1) is 17.8 Å². The van der Waals surface area contributed by atoms with Crippen molar-refractivity contribution in [3.63, 3.8) is 0 Å². The molecule has 1 fully saturated rings. The second-order valence-corrected chi connectivity index (χ2v) is 17.2. The largest absolute Gasteiger partial charge is 0.449 e. The Kier molecular flexibility index (Phi) is 16.0. The van der Waals surface area contributed by atoms with Crippen molar-refractivity contribution in [1.29, 1.82) is 0 Å². The van der Waals surface area contributed by atoms with Crippen molar-refractivity contribution in [1.82, 2.24) is 31.2 Å². The number of nitrogens with zero attached hydrogens (tertiary/aromatic N) is 2. The van der Waals surface area contributed by atoms with Crippen molar-refractivity contribution in [2.45, 2.75) is 70.9 Å². The number of aliphatic hydroxyl groups is 1. The highest BCUT2D eigenvalue weighted by Crippen LogP contribution is 2.44. The summed E-state index contributed by atoms with van der Waals surface area (Å²) in [4.78, 5) is 71.5. The van der Waals surface area contributed by atoms with Gasteiger partial charge in [-0.15, -0.1) is 17.8 Å². The minimum atomic E-state index is -0.985. The average molecular weight is 879 g/mol. The van der Waals surface area contributed by atoms with Crippen molar-refractivity contribution in [2.24, 2.45) is 5.41 Å². The fourth-order valence-electron chi connectivity index (χ4n) is 7.62. The average Bonchev–Trinajstić information content (AvgIpc) is 3.99. The number of rotatable bonds is 19. The van der Waals surface area contributed by atoms with E-state index >= 15 is 0 Å². The number of thiazole rings is 1. The molecule has 6 rings (SSSR count). The number of hydrogen-bond donors (Lipinski definition) is 5. The lowest BCUT2D eigenvalue weighted by Crippen LogP contribution is -2.57. The van der Waals surface area contributed by atoms with Crippen LogP contribution in [0.25, 0.3) is 21.6 Å². The van der Waals surface area contributed by atoms with Crippen LogP contribution in [0.1, 0.15) is 61.9 Å². The molecule has 4 aromatic rings. The van der Waals surface area contributed by atoms with Crippen LogP contribution in [0.5, 0.6) is 0 Å². The van der Waals surface area contributed by atoms with E-state index in [4.69, 9.17) is 20.6 Å². The van der Waals surface area contributed by atoms with Gasteiger partial charge in [0.2, 0.25) is 23.6 Å². The molecule has 1 aliphatic heterocycles. The first-order chi connectivity index (χ1) is 30.3. The van der Waals surface area contributed by atoms with Gasteiger partial charge in [-0.3, -0.25) is 19.2 Å². The van der Waals surface area contributed by atoms with Gasteiger partial charge in [-0.2, -0.15) is 0 Å². The van der Waals surface area contributed by atoms with Crippen LogP contribution in [-0.2, 0) is 46.5 Å². The molecular weight excluding hydrogens is 825 g/mol. The molecule has 0 saturated carbocycles. The molecule has 0 radical (unpaired) electrons. The number of aliphatic hydroxyl groups excluding tert-OH is 1. The maximum atomic E-state index is 14.0. The van der Waals surface area contributed by atoms with E-state index in [0.717, 1.165) is 38.3 Å². The lowest BCUT2D eigenvalue weighted by molar-refractivity contribution is -0.144. The van der Waals surface area contributed by atoms with Gasteiger partial charge < -0.3 is 45.5 Å². The van der Waals surface area contributed by atoms with Crippen molar-refractivity contribution in [2.75, 3.05) is 46.1 Å². The summed E-state index contributed by atoms with van der Waals surface area (Å²) in [6, 6.07) is 21.8.